The van der Waals surface area contributed by atoms with Gasteiger partial charge in [-0.3, -0.25) is 14.6 Å². The second kappa shape index (κ2) is 9.38. The lowest BCUT2D eigenvalue weighted by molar-refractivity contribution is -0.140. The number of rotatable bonds is 6. The molecule has 1 N–H and O–H groups in total. The summed E-state index contributed by atoms with van der Waals surface area (Å²) >= 11 is 0. The lowest BCUT2D eigenvalue weighted by atomic mass is 9.85. The summed E-state index contributed by atoms with van der Waals surface area (Å²) in [5, 5.41) is 11.5. The number of carbonyl (C=O) groups is 1. The van der Waals surface area contributed by atoms with Gasteiger partial charge in [0.2, 0.25) is 5.91 Å². The van der Waals surface area contributed by atoms with Crippen LogP contribution in [0.25, 0.3) is 0 Å². The number of epoxide rings is 1. The van der Waals surface area contributed by atoms with E-state index >= 15 is 0 Å². The zero-order chi connectivity index (χ0) is 25.0. The van der Waals surface area contributed by atoms with Crippen LogP contribution in [0.2, 0.25) is 0 Å². The van der Waals surface area contributed by atoms with Gasteiger partial charge in [-0.1, -0.05) is 36.4 Å². The molecule has 2 unspecified atom stereocenters. The van der Waals surface area contributed by atoms with E-state index in [2.05, 4.69) is 63.2 Å². The minimum Gasteiger partial charge on any atom is -0.372 e. The Bertz CT molecular complexity index is 1110. The average Bonchev–Trinajstić information content (AvgIpc) is 3.32. The van der Waals surface area contributed by atoms with Crippen LogP contribution in [-0.2, 0) is 28.9 Å². The normalized spacial score (nSPS) is 28.0. The fraction of sp³-hybridized carbons (Fsp3) is 0.567. The summed E-state index contributed by atoms with van der Waals surface area (Å²) in [5.41, 5.74) is 4.63. The van der Waals surface area contributed by atoms with Crippen LogP contribution in [-0.4, -0.2) is 89.1 Å². The number of hydrogen-bond donors (Lipinski definition) is 1. The van der Waals surface area contributed by atoms with Gasteiger partial charge in [0.1, 0.15) is 5.54 Å². The van der Waals surface area contributed by atoms with Gasteiger partial charge in [-0.2, -0.15) is 0 Å². The monoisotopic (exact) mass is 502 g/mol. The van der Waals surface area contributed by atoms with E-state index in [9.17, 15) is 9.90 Å². The standard InChI is InChI=1S/C30H38N4O3/c35-28-30(11-15-31(16-12-30)19-22-7-9-25(10-8-22)32-13-3-4-14-32)33(20-27-21-37-27)29(36)34(28)26-17-23-5-1-2-6-24(23)18-26/h1-2,5-10,26-27,29,36H,3-4,11-21H2. The first-order valence-electron chi connectivity index (χ1n) is 14.1. The Morgan fingerprint density at radius 3 is 2.19 bits per heavy atom. The van der Waals surface area contributed by atoms with E-state index in [4.69, 9.17) is 4.74 Å². The van der Waals surface area contributed by atoms with E-state index in [0.717, 1.165) is 51.9 Å². The average molecular weight is 503 g/mol. The predicted molar refractivity (Wildman–Crippen MR) is 142 cm³/mol. The number of piperidine rings is 1. The molecule has 1 aliphatic carbocycles. The smallest absolute Gasteiger partial charge is 0.246 e. The van der Waals surface area contributed by atoms with Crippen molar-refractivity contribution in [1.82, 2.24) is 14.7 Å². The molecule has 2 aromatic rings. The molecule has 0 radical (unpaired) electrons. The highest BCUT2D eigenvalue weighted by molar-refractivity contribution is 5.89. The first-order valence-corrected chi connectivity index (χ1v) is 14.1. The van der Waals surface area contributed by atoms with Crippen molar-refractivity contribution in [2.24, 2.45) is 0 Å². The van der Waals surface area contributed by atoms with E-state index < -0.39 is 11.9 Å². The summed E-state index contributed by atoms with van der Waals surface area (Å²) in [6, 6.07) is 17.5. The number of nitrogens with zero attached hydrogens (tertiary/aromatic N) is 4. The van der Waals surface area contributed by atoms with Crippen molar-refractivity contribution in [2.75, 3.05) is 44.2 Å². The maximum Gasteiger partial charge on any atom is 0.246 e. The first kappa shape index (κ1) is 23.7. The van der Waals surface area contributed by atoms with Crippen molar-refractivity contribution >= 4 is 11.6 Å². The van der Waals surface area contributed by atoms with Crippen LogP contribution in [0.3, 0.4) is 0 Å². The van der Waals surface area contributed by atoms with Crippen molar-refractivity contribution in [1.29, 1.82) is 0 Å². The second-order valence-electron chi connectivity index (χ2n) is 11.7. The van der Waals surface area contributed by atoms with Crippen molar-refractivity contribution in [3.63, 3.8) is 0 Å². The number of ether oxygens (including phenoxy) is 1. The summed E-state index contributed by atoms with van der Waals surface area (Å²) in [5.74, 6) is 0.119. The Morgan fingerprint density at radius 2 is 1.57 bits per heavy atom. The summed E-state index contributed by atoms with van der Waals surface area (Å²) < 4.78 is 5.55. The van der Waals surface area contributed by atoms with Gasteiger partial charge in [0.25, 0.3) is 0 Å². The molecule has 4 fully saturated rings. The van der Waals surface area contributed by atoms with E-state index in [-0.39, 0.29) is 18.1 Å². The van der Waals surface area contributed by atoms with Crippen molar-refractivity contribution in [2.45, 2.75) is 69.1 Å². The molecule has 2 atom stereocenters. The molecule has 37 heavy (non-hydrogen) atoms. The second-order valence-corrected chi connectivity index (χ2v) is 11.7. The van der Waals surface area contributed by atoms with E-state index in [0.29, 0.717) is 6.54 Å². The van der Waals surface area contributed by atoms with Crippen LogP contribution >= 0.6 is 0 Å². The number of likely N-dealkylation sites (tertiary alicyclic amines) is 1. The predicted octanol–water partition coefficient (Wildman–Crippen LogP) is 2.61. The molecule has 5 aliphatic rings. The van der Waals surface area contributed by atoms with Gasteiger partial charge in [-0.15, -0.1) is 0 Å². The van der Waals surface area contributed by atoms with E-state index in [1.807, 2.05) is 4.90 Å². The maximum atomic E-state index is 14.1. The number of carbonyl (C=O) groups excluding carboxylic acids is 1. The number of aliphatic hydroxyl groups excluding tert-OH is 1. The molecule has 7 rings (SSSR count). The molecule has 1 amide bonds. The maximum absolute atomic E-state index is 14.1. The highest BCUT2D eigenvalue weighted by Gasteiger charge is 2.60. The zero-order valence-corrected chi connectivity index (χ0v) is 21.6. The van der Waals surface area contributed by atoms with Crippen molar-refractivity contribution in [3.05, 3.63) is 65.2 Å². The Hall–Kier alpha value is -2.45. The Balaban J connectivity index is 1.05. The van der Waals surface area contributed by atoms with Gasteiger partial charge >= 0.3 is 0 Å². The third-order valence-electron chi connectivity index (χ3n) is 9.43. The molecule has 2 aromatic carbocycles. The molecule has 4 saturated heterocycles. The third-order valence-corrected chi connectivity index (χ3v) is 9.43. The van der Waals surface area contributed by atoms with E-state index in [1.54, 1.807) is 0 Å². The molecule has 4 aliphatic heterocycles. The van der Waals surface area contributed by atoms with Crippen molar-refractivity contribution < 1.29 is 14.6 Å². The SMILES string of the molecule is O=C1N(C2Cc3ccccc3C2)C(O)N(CC2CO2)C12CCN(Cc1ccc(N3CCCC3)cc1)CC2. The van der Waals surface area contributed by atoms with Crippen molar-refractivity contribution in [3.8, 4) is 0 Å². The van der Waals surface area contributed by atoms with Crippen LogP contribution < -0.4 is 4.90 Å². The fourth-order valence-electron chi connectivity index (χ4n) is 7.22. The first-order chi connectivity index (χ1) is 18.1. The molecule has 196 valence electrons. The largest absolute Gasteiger partial charge is 0.372 e. The van der Waals surface area contributed by atoms with Gasteiger partial charge in [-0.05, 0) is 67.3 Å². The number of benzene rings is 2. The van der Waals surface area contributed by atoms with Crippen LogP contribution in [0, 0.1) is 0 Å². The summed E-state index contributed by atoms with van der Waals surface area (Å²) in [6.45, 7) is 6.29. The molecule has 4 heterocycles. The molecular weight excluding hydrogens is 464 g/mol. The quantitative estimate of drug-likeness (QED) is 0.613. The van der Waals surface area contributed by atoms with Crippen LogP contribution in [0.1, 0.15) is 42.4 Å². The molecule has 1 spiro atoms. The van der Waals surface area contributed by atoms with Gasteiger partial charge < -0.3 is 14.7 Å². The molecule has 7 heteroatoms. The fourth-order valence-corrected chi connectivity index (χ4v) is 7.22. The third kappa shape index (κ3) is 4.26. The van der Waals surface area contributed by atoms with E-state index in [1.165, 1.54) is 48.3 Å². The number of anilines is 1. The molecule has 7 nitrogen and oxygen atoms in total. The number of fused-ring (bicyclic) bond motifs is 1. The topological polar surface area (TPSA) is 62.8 Å². The lowest BCUT2D eigenvalue weighted by Gasteiger charge is -2.42. The van der Waals surface area contributed by atoms with Crippen LogP contribution in [0.4, 0.5) is 5.69 Å². The number of aliphatic hydroxyl groups is 1. The lowest BCUT2D eigenvalue weighted by Crippen LogP contribution is -2.57. The van der Waals surface area contributed by atoms with Gasteiger partial charge in [0, 0.05) is 51.0 Å². The van der Waals surface area contributed by atoms with Crippen LogP contribution in [0.5, 0.6) is 0 Å². The Kier molecular flexibility index (Phi) is 6.00. The number of hydrogen-bond acceptors (Lipinski definition) is 6. The van der Waals surface area contributed by atoms with Crippen LogP contribution in [0.15, 0.2) is 48.5 Å². The molecular formula is C30H38N4O3. The minimum atomic E-state index is -0.874. The van der Waals surface area contributed by atoms with Gasteiger partial charge in [0.15, 0.2) is 6.35 Å². The highest BCUT2D eigenvalue weighted by Crippen LogP contribution is 2.42. The summed E-state index contributed by atoms with van der Waals surface area (Å²) in [7, 11) is 0. The zero-order valence-electron chi connectivity index (χ0n) is 21.6. The summed E-state index contributed by atoms with van der Waals surface area (Å²) in [6.07, 6.45) is 4.98. The minimum absolute atomic E-state index is 0.0223. The molecule has 0 aromatic heterocycles. The van der Waals surface area contributed by atoms with Gasteiger partial charge in [-0.25, -0.2) is 4.90 Å². The Morgan fingerprint density at radius 1 is 0.919 bits per heavy atom. The Labute approximate surface area is 219 Å². The summed E-state index contributed by atoms with van der Waals surface area (Å²) in [4.78, 5) is 23.0. The highest BCUT2D eigenvalue weighted by atomic mass is 16.6. The molecule has 0 saturated carbocycles. The molecule has 0 bridgehead atoms. The van der Waals surface area contributed by atoms with Gasteiger partial charge in [0.05, 0.1) is 12.7 Å². The number of amides is 1.